The Hall–Kier alpha value is -2.50. The lowest BCUT2D eigenvalue weighted by Gasteiger charge is -2.26. The molecular weight excluding hydrogens is 444 g/mol. The SMILES string of the molecule is C#CC(CCn1ccc2c(N)nc(Cl)nc21)(COC(=O)OCCCCCCCCCC)OC. The Balaban J connectivity index is 1.76. The minimum absolute atomic E-state index is 0.0671. The predicted octanol–water partition coefficient (Wildman–Crippen LogP) is 5.37. The normalized spacial score (nSPS) is 12.9. The second-order valence-electron chi connectivity index (χ2n) is 8.08. The predicted molar refractivity (Wildman–Crippen MR) is 130 cm³/mol. The van der Waals surface area contributed by atoms with E-state index in [2.05, 4.69) is 22.8 Å². The summed E-state index contributed by atoms with van der Waals surface area (Å²) in [6.07, 6.45) is 16.5. The van der Waals surface area contributed by atoms with Gasteiger partial charge >= 0.3 is 6.16 Å². The van der Waals surface area contributed by atoms with E-state index in [-0.39, 0.29) is 11.9 Å². The Morgan fingerprint density at radius 3 is 2.55 bits per heavy atom. The maximum Gasteiger partial charge on any atom is 0.508 e. The van der Waals surface area contributed by atoms with Gasteiger partial charge in [0.2, 0.25) is 5.28 Å². The van der Waals surface area contributed by atoms with Crippen LogP contribution in [0.4, 0.5) is 10.6 Å². The van der Waals surface area contributed by atoms with Gasteiger partial charge in [-0.1, -0.05) is 57.8 Å². The summed E-state index contributed by atoms with van der Waals surface area (Å²) >= 11 is 5.93. The van der Waals surface area contributed by atoms with Crippen molar-refractivity contribution in [3.8, 4) is 12.3 Å². The van der Waals surface area contributed by atoms with E-state index >= 15 is 0 Å². The van der Waals surface area contributed by atoms with E-state index in [9.17, 15) is 4.79 Å². The Bertz CT molecular complexity index is 927. The van der Waals surface area contributed by atoms with Gasteiger partial charge in [-0.2, -0.15) is 4.98 Å². The van der Waals surface area contributed by atoms with Crippen LogP contribution in [0.15, 0.2) is 12.3 Å². The number of hydrogen-bond donors (Lipinski definition) is 1. The second-order valence-corrected chi connectivity index (χ2v) is 8.42. The van der Waals surface area contributed by atoms with Crippen LogP contribution in [0, 0.1) is 12.3 Å². The van der Waals surface area contributed by atoms with Crippen LogP contribution in [0.3, 0.4) is 0 Å². The molecule has 0 radical (unpaired) electrons. The van der Waals surface area contributed by atoms with Crippen LogP contribution in [0.1, 0.15) is 64.7 Å². The molecule has 0 bridgehead atoms. The molecule has 0 spiro atoms. The third-order valence-corrected chi connectivity index (χ3v) is 5.84. The number of fused-ring (bicyclic) bond motifs is 1. The van der Waals surface area contributed by atoms with E-state index in [0.717, 1.165) is 19.3 Å². The minimum Gasteiger partial charge on any atom is -0.434 e. The fourth-order valence-corrected chi connectivity index (χ4v) is 3.73. The van der Waals surface area contributed by atoms with Crippen molar-refractivity contribution >= 4 is 34.6 Å². The minimum atomic E-state index is -1.10. The lowest BCUT2D eigenvalue weighted by atomic mass is 10.0. The fourth-order valence-electron chi connectivity index (χ4n) is 3.56. The van der Waals surface area contributed by atoms with E-state index in [0.29, 0.717) is 36.4 Å². The average Bonchev–Trinajstić information content (AvgIpc) is 3.21. The molecule has 0 aliphatic carbocycles. The van der Waals surface area contributed by atoms with Gasteiger partial charge in [0, 0.05) is 26.3 Å². The summed E-state index contributed by atoms with van der Waals surface area (Å²) < 4.78 is 17.8. The molecule has 0 saturated carbocycles. The number of hydrogen-bond acceptors (Lipinski definition) is 7. The molecule has 0 aromatic carbocycles. The number of aryl methyl sites for hydroxylation is 1. The summed E-state index contributed by atoms with van der Waals surface area (Å²) in [5.74, 6) is 2.91. The fraction of sp³-hybridized carbons (Fsp3) is 0.625. The highest BCUT2D eigenvalue weighted by atomic mass is 35.5. The molecule has 2 aromatic rings. The molecule has 8 nitrogen and oxygen atoms in total. The van der Waals surface area contributed by atoms with Crippen LogP contribution in [-0.2, 0) is 20.8 Å². The van der Waals surface area contributed by atoms with Gasteiger partial charge in [0.1, 0.15) is 18.1 Å². The molecule has 1 atom stereocenters. The van der Waals surface area contributed by atoms with Crippen LogP contribution in [0.2, 0.25) is 5.28 Å². The van der Waals surface area contributed by atoms with Crippen molar-refractivity contribution in [1.29, 1.82) is 0 Å². The number of rotatable bonds is 15. The number of terminal acetylenes is 1. The molecule has 9 heteroatoms. The lowest BCUT2D eigenvalue weighted by Crippen LogP contribution is -2.37. The maximum atomic E-state index is 12.0. The quantitative estimate of drug-likeness (QED) is 0.159. The van der Waals surface area contributed by atoms with E-state index in [1.54, 1.807) is 0 Å². The van der Waals surface area contributed by atoms with Crippen LogP contribution >= 0.6 is 11.6 Å². The number of nitrogens with two attached hydrogens (primary N) is 1. The van der Waals surface area contributed by atoms with Gasteiger partial charge in [-0.3, -0.25) is 0 Å². The van der Waals surface area contributed by atoms with Gasteiger partial charge < -0.3 is 24.5 Å². The van der Waals surface area contributed by atoms with Crippen molar-refractivity contribution in [1.82, 2.24) is 14.5 Å². The van der Waals surface area contributed by atoms with Crippen molar-refractivity contribution in [3.05, 3.63) is 17.5 Å². The Kier molecular flexibility index (Phi) is 11.3. The lowest BCUT2D eigenvalue weighted by molar-refractivity contribution is -0.0392. The first-order chi connectivity index (χ1) is 15.9. The molecule has 2 heterocycles. The molecule has 0 amide bonds. The topological polar surface area (TPSA) is 101 Å². The summed E-state index contributed by atoms with van der Waals surface area (Å²) in [6, 6.07) is 1.81. The Labute approximate surface area is 201 Å². The van der Waals surface area contributed by atoms with Crippen molar-refractivity contribution in [3.63, 3.8) is 0 Å². The highest BCUT2D eigenvalue weighted by molar-refractivity contribution is 6.28. The zero-order valence-corrected chi connectivity index (χ0v) is 20.4. The average molecular weight is 479 g/mol. The van der Waals surface area contributed by atoms with Gasteiger partial charge in [0.25, 0.3) is 0 Å². The summed E-state index contributed by atoms with van der Waals surface area (Å²) in [4.78, 5) is 20.2. The number of halogens is 1. The number of ether oxygens (including phenoxy) is 3. The first-order valence-electron chi connectivity index (χ1n) is 11.5. The third kappa shape index (κ3) is 8.41. The zero-order valence-electron chi connectivity index (χ0n) is 19.6. The van der Waals surface area contributed by atoms with Crippen molar-refractivity contribution < 1.29 is 19.0 Å². The number of nitrogen functional groups attached to an aromatic ring is 1. The molecular formula is C24H35ClN4O4. The van der Waals surface area contributed by atoms with E-state index < -0.39 is 11.8 Å². The monoisotopic (exact) mass is 478 g/mol. The van der Waals surface area contributed by atoms with Crippen molar-refractivity contribution in [2.24, 2.45) is 0 Å². The molecule has 0 fully saturated rings. The van der Waals surface area contributed by atoms with Gasteiger partial charge in [-0.15, -0.1) is 6.42 Å². The smallest absolute Gasteiger partial charge is 0.434 e. The summed E-state index contributed by atoms with van der Waals surface area (Å²) in [7, 11) is 1.49. The third-order valence-electron chi connectivity index (χ3n) is 5.67. The summed E-state index contributed by atoms with van der Waals surface area (Å²) in [6.45, 7) is 2.88. The first kappa shape index (κ1) is 26.7. The Morgan fingerprint density at radius 2 is 1.88 bits per heavy atom. The van der Waals surface area contributed by atoms with Gasteiger partial charge in [0.15, 0.2) is 5.60 Å². The van der Waals surface area contributed by atoms with Gasteiger partial charge in [0.05, 0.1) is 12.0 Å². The molecule has 2 N–H and O–H groups in total. The molecule has 0 aliphatic heterocycles. The standard InChI is InChI=1S/C24H35ClN4O4/c1-4-6-7-8-9-10-11-12-17-32-23(30)33-18-24(5-2,31-3)14-16-29-15-13-19-20(26)27-22(25)28-21(19)29/h2,13,15H,4,6-12,14,16-18H2,1,3H3,(H2,26,27,28). The molecule has 2 rings (SSSR count). The van der Waals surface area contributed by atoms with Crippen LogP contribution in [0.5, 0.6) is 0 Å². The number of carbonyl (C=O) groups excluding carboxylic acids is 1. The number of carbonyl (C=O) groups is 1. The highest BCUT2D eigenvalue weighted by Crippen LogP contribution is 2.23. The van der Waals surface area contributed by atoms with Gasteiger partial charge in [-0.25, -0.2) is 9.78 Å². The van der Waals surface area contributed by atoms with Crippen LogP contribution in [0.25, 0.3) is 11.0 Å². The molecule has 0 saturated heterocycles. The Morgan fingerprint density at radius 1 is 1.18 bits per heavy atom. The van der Waals surface area contributed by atoms with E-state index in [4.69, 9.17) is 38.0 Å². The number of nitrogens with zero attached hydrogens (tertiary/aromatic N) is 3. The van der Waals surface area contributed by atoms with E-state index in [1.165, 1.54) is 39.2 Å². The van der Waals surface area contributed by atoms with Crippen molar-refractivity contribution in [2.75, 3.05) is 26.1 Å². The first-order valence-corrected chi connectivity index (χ1v) is 11.9. The zero-order chi connectivity index (χ0) is 24.1. The number of anilines is 1. The summed E-state index contributed by atoms with van der Waals surface area (Å²) in [5.41, 5.74) is 5.40. The largest absolute Gasteiger partial charge is 0.508 e. The highest BCUT2D eigenvalue weighted by Gasteiger charge is 2.30. The van der Waals surface area contributed by atoms with E-state index in [1.807, 2.05) is 16.8 Å². The number of methoxy groups -OCH3 is 1. The molecule has 2 aromatic heterocycles. The molecule has 182 valence electrons. The van der Waals surface area contributed by atoms with Gasteiger partial charge in [-0.05, 0) is 24.1 Å². The number of aromatic nitrogens is 3. The maximum absolute atomic E-state index is 12.0. The van der Waals surface area contributed by atoms with Crippen LogP contribution in [-0.4, -0.2) is 46.6 Å². The molecule has 1 unspecified atom stereocenters. The van der Waals surface area contributed by atoms with Crippen molar-refractivity contribution in [2.45, 2.75) is 76.9 Å². The molecule has 0 aliphatic rings. The molecule has 33 heavy (non-hydrogen) atoms. The van der Waals surface area contributed by atoms with Crippen LogP contribution < -0.4 is 5.73 Å². The summed E-state index contributed by atoms with van der Waals surface area (Å²) in [5, 5.41) is 0.765. The number of unbranched alkanes of at least 4 members (excludes halogenated alkanes) is 7. The second kappa shape index (κ2) is 13.9.